The van der Waals surface area contributed by atoms with Gasteiger partial charge in [-0.15, -0.1) is 0 Å². The Bertz CT molecular complexity index is 281. The molecule has 2 heteroatoms. The Balaban J connectivity index is 2.11. The molecule has 1 aromatic rings. The van der Waals surface area contributed by atoms with E-state index in [-0.39, 0.29) is 0 Å². The number of hydrogen-bond donors (Lipinski definition) is 0. The molecule has 13 heavy (non-hydrogen) atoms. The highest BCUT2D eigenvalue weighted by Gasteiger charge is 2.19. The highest BCUT2D eigenvalue weighted by atomic mass is 79.9. The molecule has 70 valence electrons. The highest BCUT2D eigenvalue weighted by Crippen LogP contribution is 2.37. The van der Waals surface area contributed by atoms with Crippen LogP contribution in [0, 0.1) is 0 Å². The van der Waals surface area contributed by atoms with Gasteiger partial charge in [0.25, 0.3) is 0 Å². The Morgan fingerprint density at radius 1 is 1.38 bits per heavy atom. The summed E-state index contributed by atoms with van der Waals surface area (Å²) in [6.45, 7) is 0. The minimum atomic E-state index is 0.571. The van der Waals surface area contributed by atoms with Crippen molar-refractivity contribution in [3.63, 3.8) is 0 Å². The third-order valence-corrected chi connectivity index (χ3v) is 2.88. The standard InChI is InChI=1S/C11H13BrO/c12-8-13-11-6-2-5-10(7-11)9-3-1-4-9/h2,5-7,9H,1,3-4,8H2. The number of alkyl halides is 1. The third-order valence-electron chi connectivity index (χ3n) is 2.66. The molecule has 1 aliphatic carbocycles. The van der Waals surface area contributed by atoms with E-state index in [1.165, 1.54) is 24.8 Å². The molecule has 0 amide bonds. The lowest BCUT2D eigenvalue weighted by Gasteiger charge is -2.25. The van der Waals surface area contributed by atoms with Crippen LogP contribution in [0.4, 0.5) is 0 Å². The molecule has 1 nitrogen and oxygen atoms in total. The molecule has 0 spiro atoms. The van der Waals surface area contributed by atoms with Crippen molar-refractivity contribution in [2.24, 2.45) is 0 Å². The smallest absolute Gasteiger partial charge is 0.143 e. The predicted molar refractivity (Wildman–Crippen MR) is 57.5 cm³/mol. The van der Waals surface area contributed by atoms with E-state index in [1.807, 2.05) is 6.07 Å². The van der Waals surface area contributed by atoms with E-state index in [9.17, 15) is 0 Å². The second-order valence-corrected chi connectivity index (χ2v) is 3.91. The fourth-order valence-electron chi connectivity index (χ4n) is 1.66. The first-order valence-corrected chi connectivity index (χ1v) is 5.81. The van der Waals surface area contributed by atoms with Gasteiger partial charge in [0.15, 0.2) is 0 Å². The van der Waals surface area contributed by atoms with Crippen molar-refractivity contribution in [3.8, 4) is 5.75 Å². The van der Waals surface area contributed by atoms with Gasteiger partial charge in [-0.3, -0.25) is 0 Å². The van der Waals surface area contributed by atoms with Crippen LogP contribution in [-0.4, -0.2) is 5.52 Å². The van der Waals surface area contributed by atoms with Crippen LogP contribution in [0.15, 0.2) is 24.3 Å². The Morgan fingerprint density at radius 2 is 2.23 bits per heavy atom. The molecule has 0 N–H and O–H groups in total. The van der Waals surface area contributed by atoms with Crippen LogP contribution in [0.3, 0.4) is 0 Å². The molecule has 1 saturated carbocycles. The van der Waals surface area contributed by atoms with Crippen molar-refractivity contribution >= 4 is 15.9 Å². The molecule has 0 aromatic heterocycles. The van der Waals surface area contributed by atoms with Crippen molar-refractivity contribution in [1.29, 1.82) is 0 Å². The van der Waals surface area contributed by atoms with Gasteiger partial charge in [0.2, 0.25) is 0 Å². The number of halogens is 1. The van der Waals surface area contributed by atoms with Crippen LogP contribution in [0.5, 0.6) is 5.75 Å². The zero-order valence-electron chi connectivity index (χ0n) is 7.50. The molecule has 1 aliphatic rings. The predicted octanol–water partition coefficient (Wildman–Crippen LogP) is 3.69. The van der Waals surface area contributed by atoms with Crippen molar-refractivity contribution in [2.75, 3.05) is 5.52 Å². The number of hydrogen-bond acceptors (Lipinski definition) is 1. The lowest BCUT2D eigenvalue weighted by molar-refractivity contribution is 0.391. The quantitative estimate of drug-likeness (QED) is 0.733. The van der Waals surface area contributed by atoms with Gasteiger partial charge in [-0.25, -0.2) is 0 Å². The van der Waals surface area contributed by atoms with E-state index < -0.39 is 0 Å². The van der Waals surface area contributed by atoms with E-state index in [1.54, 1.807) is 0 Å². The van der Waals surface area contributed by atoms with Crippen LogP contribution in [-0.2, 0) is 0 Å². The minimum absolute atomic E-state index is 0.571. The summed E-state index contributed by atoms with van der Waals surface area (Å²) in [5.74, 6) is 1.76. The topological polar surface area (TPSA) is 9.23 Å². The Hall–Kier alpha value is -0.500. The average Bonchev–Trinajstić information content (AvgIpc) is 2.02. The molecule has 0 heterocycles. The second kappa shape index (κ2) is 4.14. The van der Waals surface area contributed by atoms with E-state index in [0.717, 1.165) is 11.7 Å². The summed E-state index contributed by atoms with van der Waals surface area (Å²) in [5.41, 5.74) is 2.01. The summed E-state index contributed by atoms with van der Waals surface area (Å²) >= 11 is 3.26. The van der Waals surface area contributed by atoms with Crippen LogP contribution in [0.1, 0.15) is 30.7 Å². The second-order valence-electron chi connectivity index (χ2n) is 3.45. The van der Waals surface area contributed by atoms with E-state index in [2.05, 4.69) is 34.1 Å². The van der Waals surface area contributed by atoms with Gasteiger partial charge in [-0.1, -0.05) is 18.6 Å². The molecule has 1 fully saturated rings. The molecule has 0 radical (unpaired) electrons. The molecule has 0 bridgehead atoms. The molecule has 0 unspecified atom stereocenters. The highest BCUT2D eigenvalue weighted by molar-refractivity contribution is 9.09. The maximum atomic E-state index is 5.38. The maximum absolute atomic E-state index is 5.38. The Kier molecular flexibility index (Phi) is 2.89. The van der Waals surface area contributed by atoms with Crippen molar-refractivity contribution in [1.82, 2.24) is 0 Å². The molecular formula is C11H13BrO. The summed E-state index contributed by atoms with van der Waals surface area (Å²) < 4.78 is 5.38. The van der Waals surface area contributed by atoms with Gasteiger partial charge in [0, 0.05) is 0 Å². The average molecular weight is 241 g/mol. The normalized spacial score (nSPS) is 16.7. The van der Waals surface area contributed by atoms with E-state index >= 15 is 0 Å². The van der Waals surface area contributed by atoms with Gasteiger partial charge in [0.1, 0.15) is 11.3 Å². The molecule has 2 rings (SSSR count). The zero-order chi connectivity index (χ0) is 9.10. The number of benzene rings is 1. The lowest BCUT2D eigenvalue weighted by atomic mass is 9.80. The van der Waals surface area contributed by atoms with E-state index in [4.69, 9.17) is 4.74 Å². The first kappa shape index (κ1) is 9.07. The molecular weight excluding hydrogens is 228 g/mol. The van der Waals surface area contributed by atoms with Crippen LogP contribution < -0.4 is 4.74 Å². The van der Waals surface area contributed by atoms with E-state index in [0.29, 0.717) is 5.52 Å². The molecule has 0 atom stereocenters. The first-order chi connectivity index (χ1) is 6.40. The largest absolute Gasteiger partial charge is 0.482 e. The van der Waals surface area contributed by atoms with Crippen LogP contribution >= 0.6 is 15.9 Å². The summed E-state index contributed by atoms with van der Waals surface area (Å²) in [6.07, 6.45) is 4.07. The van der Waals surface area contributed by atoms with Crippen molar-refractivity contribution < 1.29 is 4.74 Å². The van der Waals surface area contributed by atoms with Gasteiger partial charge < -0.3 is 4.74 Å². The Morgan fingerprint density at radius 3 is 2.85 bits per heavy atom. The van der Waals surface area contributed by atoms with Gasteiger partial charge >= 0.3 is 0 Å². The SMILES string of the molecule is BrCOc1cccc(C2CCC2)c1. The minimum Gasteiger partial charge on any atom is -0.482 e. The third kappa shape index (κ3) is 2.05. The van der Waals surface area contributed by atoms with Gasteiger partial charge in [-0.2, -0.15) is 0 Å². The summed E-state index contributed by atoms with van der Waals surface area (Å²) in [7, 11) is 0. The summed E-state index contributed by atoms with van der Waals surface area (Å²) in [4.78, 5) is 0. The lowest BCUT2D eigenvalue weighted by Crippen LogP contribution is -2.08. The summed E-state index contributed by atoms with van der Waals surface area (Å²) in [6, 6.07) is 8.44. The zero-order valence-corrected chi connectivity index (χ0v) is 9.09. The summed E-state index contributed by atoms with van der Waals surface area (Å²) in [5, 5.41) is 0. The van der Waals surface area contributed by atoms with Crippen molar-refractivity contribution in [2.45, 2.75) is 25.2 Å². The maximum Gasteiger partial charge on any atom is 0.143 e. The molecule has 0 aliphatic heterocycles. The fraction of sp³-hybridized carbons (Fsp3) is 0.455. The fourth-order valence-corrected chi connectivity index (χ4v) is 1.93. The van der Waals surface area contributed by atoms with Crippen LogP contribution in [0.25, 0.3) is 0 Å². The first-order valence-electron chi connectivity index (χ1n) is 4.69. The molecule has 0 saturated heterocycles. The van der Waals surface area contributed by atoms with Gasteiger partial charge in [0.05, 0.1) is 0 Å². The number of ether oxygens (including phenoxy) is 1. The van der Waals surface area contributed by atoms with Gasteiger partial charge in [-0.05, 0) is 52.4 Å². The van der Waals surface area contributed by atoms with Crippen molar-refractivity contribution in [3.05, 3.63) is 29.8 Å². The Labute approximate surface area is 87.2 Å². The monoisotopic (exact) mass is 240 g/mol. The number of rotatable bonds is 3. The molecule has 1 aromatic carbocycles. The van der Waals surface area contributed by atoms with Crippen LogP contribution in [0.2, 0.25) is 0 Å².